The molecule has 7 nitrogen and oxygen atoms in total. The highest BCUT2D eigenvalue weighted by molar-refractivity contribution is 5.92. The zero-order valence-corrected chi connectivity index (χ0v) is 15.8. The van der Waals surface area contributed by atoms with Gasteiger partial charge in [-0.1, -0.05) is 23.4 Å². The molecule has 1 atom stereocenters. The molecule has 7 heteroatoms. The van der Waals surface area contributed by atoms with Gasteiger partial charge in [0.2, 0.25) is 0 Å². The third kappa shape index (κ3) is 3.98. The predicted octanol–water partition coefficient (Wildman–Crippen LogP) is 3.03. The van der Waals surface area contributed by atoms with Crippen LogP contribution in [0.5, 0.6) is 11.5 Å². The van der Waals surface area contributed by atoms with Gasteiger partial charge in [0, 0.05) is 25.2 Å². The van der Waals surface area contributed by atoms with Gasteiger partial charge in [-0.15, -0.1) is 0 Å². The van der Waals surface area contributed by atoms with Crippen molar-refractivity contribution in [3.63, 3.8) is 0 Å². The van der Waals surface area contributed by atoms with Gasteiger partial charge in [0.15, 0.2) is 11.5 Å². The molecule has 1 aliphatic rings. The van der Waals surface area contributed by atoms with Crippen LogP contribution in [0.15, 0.2) is 53.2 Å². The first-order chi connectivity index (χ1) is 13.6. The van der Waals surface area contributed by atoms with Gasteiger partial charge >= 0.3 is 0 Å². The number of pyridine rings is 1. The van der Waals surface area contributed by atoms with Gasteiger partial charge in [-0.05, 0) is 30.7 Å². The Morgan fingerprint density at radius 3 is 2.93 bits per heavy atom. The molecule has 0 N–H and O–H groups in total. The number of hydrogen-bond acceptors (Lipinski definition) is 6. The van der Waals surface area contributed by atoms with Crippen LogP contribution in [0.4, 0.5) is 0 Å². The summed E-state index contributed by atoms with van der Waals surface area (Å²) in [5.41, 5.74) is 2.33. The summed E-state index contributed by atoms with van der Waals surface area (Å²) in [6.07, 6.45) is 2.37. The standard InChI is InChI=1S/C21H21N3O4/c1-14-7-8-16(11-22-14)26-13-18-10-19(23-28-18)21(25)24(2)12-17-9-15-5-3-4-6-20(15)27-17/h3-8,10-11,17H,9,12-13H2,1-2H3. The first-order valence-corrected chi connectivity index (χ1v) is 9.09. The number of fused-ring (bicyclic) bond motifs is 1. The fourth-order valence-electron chi connectivity index (χ4n) is 3.12. The smallest absolute Gasteiger partial charge is 0.275 e. The number of likely N-dealkylation sites (N-methyl/N-ethyl adjacent to an activating group) is 1. The van der Waals surface area contributed by atoms with Crippen molar-refractivity contribution in [3.05, 3.63) is 71.4 Å². The van der Waals surface area contributed by atoms with E-state index in [0.29, 0.717) is 18.1 Å². The van der Waals surface area contributed by atoms with E-state index in [1.165, 1.54) is 5.56 Å². The zero-order valence-electron chi connectivity index (χ0n) is 15.8. The molecule has 1 amide bonds. The Morgan fingerprint density at radius 1 is 1.29 bits per heavy atom. The Hall–Kier alpha value is -3.35. The summed E-state index contributed by atoms with van der Waals surface area (Å²) < 4.78 is 16.7. The van der Waals surface area contributed by atoms with Crippen LogP contribution in [0.3, 0.4) is 0 Å². The monoisotopic (exact) mass is 379 g/mol. The summed E-state index contributed by atoms with van der Waals surface area (Å²) in [6, 6.07) is 13.2. The minimum Gasteiger partial charge on any atom is -0.488 e. The summed E-state index contributed by atoms with van der Waals surface area (Å²) in [7, 11) is 1.73. The van der Waals surface area contributed by atoms with Crippen LogP contribution in [-0.2, 0) is 13.0 Å². The normalized spacial score (nSPS) is 15.0. The fourth-order valence-corrected chi connectivity index (χ4v) is 3.12. The second-order valence-electron chi connectivity index (χ2n) is 6.84. The average Bonchev–Trinajstić information content (AvgIpc) is 3.33. The average molecular weight is 379 g/mol. The molecule has 28 heavy (non-hydrogen) atoms. The molecule has 0 saturated carbocycles. The number of benzene rings is 1. The van der Waals surface area contributed by atoms with Crippen molar-refractivity contribution >= 4 is 5.91 Å². The quantitative estimate of drug-likeness (QED) is 0.655. The van der Waals surface area contributed by atoms with Crippen LogP contribution < -0.4 is 9.47 Å². The largest absolute Gasteiger partial charge is 0.488 e. The zero-order chi connectivity index (χ0) is 19.5. The number of ether oxygens (including phenoxy) is 2. The molecule has 4 rings (SSSR count). The van der Waals surface area contributed by atoms with Crippen LogP contribution >= 0.6 is 0 Å². The lowest BCUT2D eigenvalue weighted by Crippen LogP contribution is -2.36. The number of amides is 1. The van der Waals surface area contributed by atoms with E-state index in [9.17, 15) is 4.79 Å². The molecule has 3 heterocycles. The van der Waals surface area contributed by atoms with Gasteiger partial charge in [-0.3, -0.25) is 9.78 Å². The van der Waals surface area contributed by atoms with Crippen LogP contribution in [0, 0.1) is 6.92 Å². The van der Waals surface area contributed by atoms with Crippen LogP contribution in [0.2, 0.25) is 0 Å². The number of carbonyl (C=O) groups excluding carboxylic acids is 1. The Labute approximate surface area is 162 Å². The Morgan fingerprint density at radius 2 is 2.14 bits per heavy atom. The predicted molar refractivity (Wildman–Crippen MR) is 101 cm³/mol. The molecular formula is C21H21N3O4. The number of hydrogen-bond donors (Lipinski definition) is 0. The van der Waals surface area contributed by atoms with Crippen molar-refractivity contribution in [2.75, 3.05) is 13.6 Å². The Kier molecular flexibility index (Phi) is 4.97. The molecule has 0 bridgehead atoms. The van der Waals surface area contributed by atoms with E-state index in [0.717, 1.165) is 17.9 Å². The van der Waals surface area contributed by atoms with Gasteiger partial charge < -0.3 is 18.9 Å². The second kappa shape index (κ2) is 7.72. The van der Waals surface area contributed by atoms with Crippen molar-refractivity contribution in [1.82, 2.24) is 15.0 Å². The van der Waals surface area contributed by atoms with E-state index in [1.54, 1.807) is 24.2 Å². The summed E-state index contributed by atoms with van der Waals surface area (Å²) in [4.78, 5) is 18.4. The molecule has 0 fully saturated rings. The maximum Gasteiger partial charge on any atom is 0.275 e. The Balaban J connectivity index is 1.32. The van der Waals surface area contributed by atoms with Gasteiger partial charge in [0.1, 0.15) is 24.2 Å². The molecular weight excluding hydrogens is 358 g/mol. The minimum absolute atomic E-state index is 0.0601. The third-order valence-corrected chi connectivity index (χ3v) is 4.58. The second-order valence-corrected chi connectivity index (χ2v) is 6.84. The lowest BCUT2D eigenvalue weighted by Gasteiger charge is -2.19. The maximum atomic E-state index is 12.6. The Bertz CT molecular complexity index is 943. The van der Waals surface area contributed by atoms with E-state index >= 15 is 0 Å². The SMILES string of the molecule is Cc1ccc(OCc2cc(C(=O)N(C)CC3Cc4ccccc4O3)no2)cn1. The maximum absolute atomic E-state index is 12.6. The molecule has 1 aromatic carbocycles. The molecule has 144 valence electrons. The molecule has 0 aliphatic carbocycles. The summed E-state index contributed by atoms with van der Waals surface area (Å²) in [6.45, 7) is 2.56. The van der Waals surface area contributed by atoms with Crippen molar-refractivity contribution in [1.29, 1.82) is 0 Å². The van der Waals surface area contributed by atoms with E-state index < -0.39 is 0 Å². The van der Waals surface area contributed by atoms with Crippen molar-refractivity contribution in [2.24, 2.45) is 0 Å². The highest BCUT2D eigenvalue weighted by Gasteiger charge is 2.26. The first kappa shape index (κ1) is 18.0. The molecule has 0 radical (unpaired) electrons. The van der Waals surface area contributed by atoms with Crippen molar-refractivity contribution < 1.29 is 18.8 Å². The minimum atomic E-state index is -0.216. The molecule has 0 spiro atoms. The van der Waals surface area contributed by atoms with Crippen LogP contribution in [0.1, 0.15) is 27.5 Å². The highest BCUT2D eigenvalue weighted by atomic mass is 16.5. The molecule has 3 aromatic rings. The van der Waals surface area contributed by atoms with Gasteiger partial charge in [0.05, 0.1) is 12.7 Å². The van der Waals surface area contributed by atoms with Gasteiger partial charge in [0.25, 0.3) is 5.91 Å². The summed E-state index contributed by atoms with van der Waals surface area (Å²) in [5.74, 6) is 1.78. The number of rotatable bonds is 6. The van der Waals surface area contributed by atoms with E-state index in [2.05, 4.69) is 10.1 Å². The van der Waals surface area contributed by atoms with Gasteiger partial charge in [-0.2, -0.15) is 0 Å². The highest BCUT2D eigenvalue weighted by Crippen LogP contribution is 2.28. The number of aryl methyl sites for hydroxylation is 1. The van der Waals surface area contributed by atoms with Crippen LogP contribution in [-0.4, -0.2) is 40.6 Å². The summed E-state index contributed by atoms with van der Waals surface area (Å²) in [5, 5.41) is 3.87. The lowest BCUT2D eigenvalue weighted by atomic mass is 10.1. The molecule has 1 unspecified atom stereocenters. The number of aromatic nitrogens is 2. The van der Waals surface area contributed by atoms with Crippen molar-refractivity contribution in [3.8, 4) is 11.5 Å². The van der Waals surface area contributed by atoms with E-state index in [1.807, 2.05) is 43.3 Å². The van der Waals surface area contributed by atoms with Gasteiger partial charge in [-0.25, -0.2) is 0 Å². The topological polar surface area (TPSA) is 77.7 Å². The number of nitrogens with zero attached hydrogens (tertiary/aromatic N) is 3. The third-order valence-electron chi connectivity index (χ3n) is 4.58. The van der Waals surface area contributed by atoms with E-state index in [-0.39, 0.29) is 24.3 Å². The van der Waals surface area contributed by atoms with Crippen LogP contribution in [0.25, 0.3) is 0 Å². The van der Waals surface area contributed by atoms with Crippen molar-refractivity contribution in [2.45, 2.75) is 26.1 Å². The summed E-state index contributed by atoms with van der Waals surface area (Å²) >= 11 is 0. The molecule has 2 aromatic heterocycles. The fraction of sp³-hybridized carbons (Fsp3) is 0.286. The molecule has 1 aliphatic heterocycles. The lowest BCUT2D eigenvalue weighted by molar-refractivity contribution is 0.0720. The first-order valence-electron chi connectivity index (χ1n) is 9.09. The molecule has 0 saturated heterocycles. The van der Waals surface area contributed by atoms with E-state index in [4.69, 9.17) is 14.0 Å². The number of carbonyl (C=O) groups is 1. The number of para-hydroxylation sites is 1.